The highest BCUT2D eigenvalue weighted by atomic mass is 35.5. The molecule has 12 heavy (non-hydrogen) atoms. The van der Waals surface area contributed by atoms with Gasteiger partial charge in [-0.05, 0) is 36.2 Å². The van der Waals surface area contributed by atoms with Crippen LogP contribution in [0.25, 0.3) is 0 Å². The van der Waals surface area contributed by atoms with Gasteiger partial charge in [0.25, 0.3) is 0 Å². The molecule has 0 spiro atoms. The minimum absolute atomic E-state index is 0.385. The Kier molecular flexibility index (Phi) is 2.33. The van der Waals surface area contributed by atoms with Crippen LogP contribution in [0.4, 0.5) is 0 Å². The molecule has 1 aromatic heterocycles. The number of halogens is 1. The first-order chi connectivity index (χ1) is 5.85. The Balaban J connectivity index is 2.01. The van der Waals surface area contributed by atoms with Gasteiger partial charge in [-0.15, -0.1) is 16.7 Å². The van der Waals surface area contributed by atoms with Gasteiger partial charge in [-0.25, -0.2) is 0 Å². The van der Waals surface area contributed by atoms with E-state index in [1.807, 2.05) is 6.20 Å². The monoisotopic (exact) mass is 202 g/mol. The highest BCUT2D eigenvalue weighted by Crippen LogP contribution is 2.44. The van der Waals surface area contributed by atoms with Gasteiger partial charge in [0.1, 0.15) is 0 Å². The number of aromatic nitrogens is 2. The molecule has 66 valence electrons. The zero-order chi connectivity index (χ0) is 8.44. The molecule has 1 saturated carbocycles. The Hall–Kier alpha value is -0.150. The third-order valence-corrected chi connectivity index (χ3v) is 3.88. The third-order valence-electron chi connectivity index (χ3n) is 2.65. The third kappa shape index (κ3) is 1.48. The minimum Gasteiger partial charge on any atom is -0.146 e. The second-order valence-corrected chi connectivity index (χ2v) is 4.69. The predicted octanol–water partition coefficient (Wildman–Crippen LogP) is 2.49. The highest BCUT2D eigenvalue weighted by Gasteiger charge is 2.36. The van der Waals surface area contributed by atoms with Gasteiger partial charge in [0.05, 0.1) is 6.20 Å². The van der Waals surface area contributed by atoms with Crippen LogP contribution < -0.4 is 0 Å². The largest absolute Gasteiger partial charge is 0.146 e. The summed E-state index contributed by atoms with van der Waals surface area (Å²) < 4.78 is 3.85. The van der Waals surface area contributed by atoms with Gasteiger partial charge in [0, 0.05) is 10.8 Å². The molecule has 0 radical (unpaired) electrons. The molecule has 0 N–H and O–H groups in total. The van der Waals surface area contributed by atoms with Crippen molar-refractivity contribution >= 4 is 23.1 Å². The van der Waals surface area contributed by atoms with Gasteiger partial charge in [0.15, 0.2) is 0 Å². The first-order valence-corrected chi connectivity index (χ1v) is 5.48. The van der Waals surface area contributed by atoms with E-state index < -0.39 is 0 Å². The number of hydrogen-bond acceptors (Lipinski definition) is 3. The molecule has 0 unspecified atom stereocenters. The van der Waals surface area contributed by atoms with E-state index in [1.165, 1.54) is 35.7 Å². The smallest absolute Gasteiger partial charge is 0.0653 e. The average molecular weight is 203 g/mol. The lowest BCUT2D eigenvalue weighted by Crippen LogP contribution is -2.33. The molecule has 1 aliphatic carbocycles. The maximum atomic E-state index is 5.94. The normalized spacial score (nSPS) is 20.4. The zero-order valence-corrected chi connectivity index (χ0v) is 8.37. The summed E-state index contributed by atoms with van der Waals surface area (Å²) in [5, 5.41) is 3.82. The van der Waals surface area contributed by atoms with Gasteiger partial charge in [-0.3, -0.25) is 0 Å². The van der Waals surface area contributed by atoms with Crippen molar-refractivity contribution in [1.29, 1.82) is 0 Å². The van der Waals surface area contributed by atoms with Crippen LogP contribution in [-0.4, -0.2) is 15.5 Å². The molecular weight excluding hydrogens is 192 g/mol. The van der Waals surface area contributed by atoms with Crippen LogP contribution in [-0.2, 0) is 6.42 Å². The highest BCUT2D eigenvalue weighted by molar-refractivity contribution is 7.05. The van der Waals surface area contributed by atoms with Crippen molar-refractivity contribution in [2.24, 2.45) is 5.41 Å². The average Bonchev–Trinajstić information content (AvgIpc) is 2.49. The Morgan fingerprint density at radius 2 is 2.42 bits per heavy atom. The molecule has 0 aromatic carbocycles. The quantitative estimate of drug-likeness (QED) is 0.704. The van der Waals surface area contributed by atoms with E-state index >= 15 is 0 Å². The summed E-state index contributed by atoms with van der Waals surface area (Å²) in [6.45, 7) is 0. The van der Waals surface area contributed by atoms with Crippen molar-refractivity contribution < 1.29 is 0 Å². The molecule has 2 rings (SSSR count). The van der Waals surface area contributed by atoms with Gasteiger partial charge < -0.3 is 0 Å². The standard InChI is InChI=1S/C8H11ClN2S/c9-6-8(2-1-3-8)4-7-5-10-11-12-7/h5H,1-4,6H2. The minimum atomic E-state index is 0.385. The van der Waals surface area contributed by atoms with E-state index in [4.69, 9.17) is 11.6 Å². The second kappa shape index (κ2) is 3.30. The summed E-state index contributed by atoms with van der Waals surface area (Å²) in [7, 11) is 0. The molecule has 4 heteroatoms. The molecule has 2 nitrogen and oxygen atoms in total. The Labute approximate surface area is 81.1 Å². The van der Waals surface area contributed by atoms with Gasteiger partial charge >= 0.3 is 0 Å². The van der Waals surface area contributed by atoms with E-state index in [0.717, 1.165) is 12.3 Å². The fourth-order valence-corrected chi connectivity index (χ4v) is 2.70. The van der Waals surface area contributed by atoms with Crippen molar-refractivity contribution in [2.75, 3.05) is 5.88 Å². The summed E-state index contributed by atoms with van der Waals surface area (Å²) in [6, 6.07) is 0. The Morgan fingerprint density at radius 3 is 2.83 bits per heavy atom. The van der Waals surface area contributed by atoms with E-state index in [1.54, 1.807) is 0 Å². The van der Waals surface area contributed by atoms with Crippen LogP contribution in [0, 0.1) is 5.41 Å². The topological polar surface area (TPSA) is 25.8 Å². The van der Waals surface area contributed by atoms with E-state index in [2.05, 4.69) is 9.59 Å². The van der Waals surface area contributed by atoms with Crippen LogP contribution in [0.5, 0.6) is 0 Å². The lowest BCUT2D eigenvalue weighted by Gasteiger charge is -2.39. The predicted molar refractivity (Wildman–Crippen MR) is 50.6 cm³/mol. The molecule has 0 amide bonds. The summed E-state index contributed by atoms with van der Waals surface area (Å²) >= 11 is 7.44. The maximum absolute atomic E-state index is 5.94. The summed E-state index contributed by atoms with van der Waals surface area (Å²) in [4.78, 5) is 1.27. The van der Waals surface area contributed by atoms with Crippen molar-refractivity contribution in [1.82, 2.24) is 9.59 Å². The van der Waals surface area contributed by atoms with Crippen LogP contribution >= 0.6 is 23.1 Å². The molecule has 0 saturated heterocycles. The van der Waals surface area contributed by atoms with E-state index in [9.17, 15) is 0 Å². The fraction of sp³-hybridized carbons (Fsp3) is 0.750. The zero-order valence-electron chi connectivity index (χ0n) is 6.79. The van der Waals surface area contributed by atoms with E-state index in [0.29, 0.717) is 5.41 Å². The molecule has 0 bridgehead atoms. The lowest BCUT2D eigenvalue weighted by atomic mass is 9.68. The van der Waals surface area contributed by atoms with Gasteiger partial charge in [0.2, 0.25) is 0 Å². The number of nitrogens with zero attached hydrogens (tertiary/aromatic N) is 2. The Bertz CT molecular complexity index is 238. The van der Waals surface area contributed by atoms with Gasteiger partial charge in [-0.1, -0.05) is 10.9 Å². The molecule has 1 fully saturated rings. The Morgan fingerprint density at radius 1 is 1.58 bits per heavy atom. The van der Waals surface area contributed by atoms with Crippen LogP contribution in [0.3, 0.4) is 0 Å². The number of hydrogen-bond donors (Lipinski definition) is 0. The lowest BCUT2D eigenvalue weighted by molar-refractivity contribution is 0.167. The summed E-state index contributed by atoms with van der Waals surface area (Å²) in [6.07, 6.45) is 6.81. The summed E-state index contributed by atoms with van der Waals surface area (Å²) in [5.41, 5.74) is 0.385. The van der Waals surface area contributed by atoms with Gasteiger partial charge in [-0.2, -0.15) is 0 Å². The van der Waals surface area contributed by atoms with Crippen molar-refractivity contribution in [3.05, 3.63) is 11.1 Å². The molecule has 0 aliphatic heterocycles. The number of rotatable bonds is 3. The second-order valence-electron chi connectivity index (χ2n) is 3.55. The van der Waals surface area contributed by atoms with Crippen LogP contribution in [0.15, 0.2) is 6.20 Å². The van der Waals surface area contributed by atoms with Crippen molar-refractivity contribution in [3.8, 4) is 0 Å². The maximum Gasteiger partial charge on any atom is 0.0653 e. The summed E-state index contributed by atoms with van der Waals surface area (Å²) in [5.74, 6) is 0.783. The van der Waals surface area contributed by atoms with Crippen molar-refractivity contribution in [2.45, 2.75) is 25.7 Å². The van der Waals surface area contributed by atoms with Crippen LogP contribution in [0.1, 0.15) is 24.1 Å². The molecular formula is C8H11ClN2S. The SMILES string of the molecule is ClCC1(Cc2cnns2)CCC1. The molecule has 1 aromatic rings. The van der Waals surface area contributed by atoms with Crippen molar-refractivity contribution in [3.63, 3.8) is 0 Å². The molecule has 1 aliphatic rings. The molecule has 0 atom stereocenters. The fourth-order valence-electron chi connectivity index (χ4n) is 1.67. The molecule has 1 heterocycles. The number of alkyl halides is 1. The van der Waals surface area contributed by atoms with Crippen LogP contribution in [0.2, 0.25) is 0 Å². The first kappa shape index (κ1) is 8.45. The van der Waals surface area contributed by atoms with E-state index in [-0.39, 0.29) is 0 Å². The first-order valence-electron chi connectivity index (χ1n) is 4.17.